The van der Waals surface area contributed by atoms with E-state index in [1.165, 1.54) is 50.7 Å². The van der Waals surface area contributed by atoms with Gasteiger partial charge in [0.2, 0.25) is 0 Å². The van der Waals surface area contributed by atoms with Gasteiger partial charge in [0.05, 0.1) is 6.54 Å². The lowest BCUT2D eigenvalue weighted by atomic mass is 10.1. The van der Waals surface area contributed by atoms with E-state index in [0.717, 1.165) is 24.4 Å². The Bertz CT molecular complexity index is 496. The quantitative estimate of drug-likeness (QED) is 0.817. The monoisotopic (exact) mass is 272 g/mol. The fraction of sp³-hybridized carbons (Fsp3) is 0.529. The summed E-state index contributed by atoms with van der Waals surface area (Å²) in [5.74, 6) is 1.03. The first-order valence-corrected chi connectivity index (χ1v) is 7.82. The van der Waals surface area contributed by atoms with Crippen LogP contribution in [0.3, 0.4) is 0 Å². The van der Waals surface area contributed by atoms with Crippen molar-refractivity contribution in [1.29, 1.82) is 0 Å². The van der Waals surface area contributed by atoms with E-state index in [1.54, 1.807) is 0 Å². The molecule has 0 spiro atoms. The zero-order valence-corrected chi connectivity index (χ0v) is 12.1. The second-order valence-electron chi connectivity index (χ2n) is 5.68. The third kappa shape index (κ3) is 3.62. The Balaban J connectivity index is 1.37. The average molecular weight is 272 g/mol. The van der Waals surface area contributed by atoms with Crippen LogP contribution in [0.25, 0.3) is 11.0 Å². The Morgan fingerprint density at radius 1 is 1.10 bits per heavy atom. The molecule has 1 aliphatic heterocycles. The summed E-state index contributed by atoms with van der Waals surface area (Å²) >= 11 is 0. The summed E-state index contributed by atoms with van der Waals surface area (Å²) in [5.41, 5.74) is 0.984. The summed E-state index contributed by atoms with van der Waals surface area (Å²) in [7, 11) is 0. The number of fused-ring (bicyclic) bond motifs is 1. The molecule has 108 valence electrons. The van der Waals surface area contributed by atoms with Crippen LogP contribution in [0.15, 0.2) is 34.7 Å². The van der Waals surface area contributed by atoms with Crippen molar-refractivity contribution in [2.24, 2.45) is 0 Å². The van der Waals surface area contributed by atoms with E-state index in [-0.39, 0.29) is 0 Å². The first-order chi connectivity index (χ1) is 9.92. The van der Waals surface area contributed by atoms with Gasteiger partial charge in [-0.05, 0) is 57.6 Å². The van der Waals surface area contributed by atoms with Gasteiger partial charge in [-0.25, -0.2) is 0 Å². The largest absolute Gasteiger partial charge is 0.460 e. The van der Waals surface area contributed by atoms with Crippen LogP contribution in [0.1, 0.15) is 31.4 Å². The van der Waals surface area contributed by atoms with Crippen LogP contribution in [0.2, 0.25) is 0 Å². The molecule has 1 aliphatic rings. The van der Waals surface area contributed by atoms with Gasteiger partial charge in [0.15, 0.2) is 0 Å². The van der Waals surface area contributed by atoms with Crippen molar-refractivity contribution < 1.29 is 4.42 Å². The van der Waals surface area contributed by atoms with Crippen LogP contribution >= 0.6 is 0 Å². The highest BCUT2D eigenvalue weighted by Crippen LogP contribution is 2.18. The third-order valence-electron chi connectivity index (χ3n) is 4.05. The molecule has 20 heavy (non-hydrogen) atoms. The van der Waals surface area contributed by atoms with Crippen molar-refractivity contribution >= 4 is 11.0 Å². The van der Waals surface area contributed by atoms with Crippen LogP contribution in [0.4, 0.5) is 0 Å². The average Bonchev–Trinajstić information content (AvgIpc) is 2.90. The smallest absolute Gasteiger partial charge is 0.134 e. The number of hydrogen-bond donors (Lipinski definition) is 1. The van der Waals surface area contributed by atoms with Gasteiger partial charge in [0, 0.05) is 5.39 Å². The van der Waals surface area contributed by atoms with Crippen LogP contribution < -0.4 is 5.32 Å². The lowest BCUT2D eigenvalue weighted by Crippen LogP contribution is -2.32. The van der Waals surface area contributed by atoms with Crippen molar-refractivity contribution in [3.8, 4) is 0 Å². The number of para-hydroxylation sites is 1. The fourth-order valence-corrected chi connectivity index (χ4v) is 2.95. The van der Waals surface area contributed by atoms with Crippen molar-refractivity contribution in [3.05, 3.63) is 36.1 Å². The maximum absolute atomic E-state index is 5.79. The van der Waals surface area contributed by atoms with Crippen molar-refractivity contribution in [2.45, 2.75) is 32.2 Å². The molecule has 0 bridgehead atoms. The highest BCUT2D eigenvalue weighted by molar-refractivity contribution is 5.77. The fourth-order valence-electron chi connectivity index (χ4n) is 2.95. The normalized spacial score (nSPS) is 16.8. The van der Waals surface area contributed by atoms with E-state index in [4.69, 9.17) is 4.42 Å². The number of likely N-dealkylation sites (tertiary alicyclic amines) is 1. The highest BCUT2D eigenvalue weighted by atomic mass is 16.3. The molecule has 0 atom stereocenters. The standard InChI is InChI=1S/C17H24N2O/c1-4-10-19(11-5-1)12-6-9-18-14-16-13-15-7-2-3-8-17(15)20-16/h2-3,7-8,13,18H,1,4-6,9-12,14H2. The van der Waals surface area contributed by atoms with Gasteiger partial charge in [-0.2, -0.15) is 0 Å². The number of nitrogens with one attached hydrogen (secondary N) is 1. The van der Waals surface area contributed by atoms with Gasteiger partial charge in [-0.3, -0.25) is 0 Å². The van der Waals surface area contributed by atoms with Crippen molar-refractivity contribution in [1.82, 2.24) is 10.2 Å². The molecule has 0 saturated carbocycles. The Labute approximate surface area is 120 Å². The molecule has 0 amide bonds. The summed E-state index contributed by atoms with van der Waals surface area (Å²) in [6.45, 7) is 5.71. The second kappa shape index (κ2) is 6.91. The number of benzene rings is 1. The molecular formula is C17H24N2O. The minimum absolute atomic E-state index is 0.828. The summed E-state index contributed by atoms with van der Waals surface area (Å²) in [4.78, 5) is 2.59. The SMILES string of the molecule is c1ccc2oc(CNCCCN3CCCCC3)cc2c1. The first kappa shape index (κ1) is 13.7. The van der Waals surface area contributed by atoms with Gasteiger partial charge < -0.3 is 14.6 Å². The third-order valence-corrected chi connectivity index (χ3v) is 4.05. The molecule has 0 radical (unpaired) electrons. The number of nitrogens with zero attached hydrogens (tertiary/aromatic N) is 1. The van der Waals surface area contributed by atoms with Crippen molar-refractivity contribution in [2.75, 3.05) is 26.2 Å². The van der Waals surface area contributed by atoms with E-state index in [2.05, 4.69) is 22.3 Å². The molecule has 0 unspecified atom stereocenters. The van der Waals surface area contributed by atoms with Gasteiger partial charge in [0.1, 0.15) is 11.3 Å². The second-order valence-corrected chi connectivity index (χ2v) is 5.68. The van der Waals surface area contributed by atoms with E-state index in [9.17, 15) is 0 Å². The Kier molecular flexibility index (Phi) is 4.72. The van der Waals surface area contributed by atoms with E-state index in [0.29, 0.717) is 0 Å². The highest BCUT2D eigenvalue weighted by Gasteiger charge is 2.08. The summed E-state index contributed by atoms with van der Waals surface area (Å²) in [6, 6.07) is 10.3. The molecule has 1 N–H and O–H groups in total. The molecule has 2 aromatic rings. The van der Waals surface area contributed by atoms with E-state index in [1.807, 2.05) is 18.2 Å². The van der Waals surface area contributed by atoms with Gasteiger partial charge in [-0.15, -0.1) is 0 Å². The maximum atomic E-state index is 5.79. The van der Waals surface area contributed by atoms with Gasteiger partial charge >= 0.3 is 0 Å². The predicted molar refractivity (Wildman–Crippen MR) is 82.8 cm³/mol. The zero-order chi connectivity index (χ0) is 13.6. The molecule has 1 saturated heterocycles. The van der Waals surface area contributed by atoms with Crippen LogP contribution in [-0.4, -0.2) is 31.1 Å². The number of piperidine rings is 1. The summed E-state index contributed by atoms with van der Waals surface area (Å²) < 4.78 is 5.79. The number of rotatable bonds is 6. The summed E-state index contributed by atoms with van der Waals surface area (Å²) in [6.07, 6.45) is 5.40. The molecular weight excluding hydrogens is 248 g/mol. The van der Waals surface area contributed by atoms with Crippen LogP contribution in [0, 0.1) is 0 Å². The zero-order valence-electron chi connectivity index (χ0n) is 12.1. The number of furan rings is 1. The Morgan fingerprint density at radius 2 is 1.95 bits per heavy atom. The van der Waals surface area contributed by atoms with Gasteiger partial charge in [-0.1, -0.05) is 24.6 Å². The molecule has 1 aromatic heterocycles. The molecule has 3 rings (SSSR count). The molecule has 0 aliphatic carbocycles. The lowest BCUT2D eigenvalue weighted by Gasteiger charge is -2.26. The maximum Gasteiger partial charge on any atom is 0.134 e. The van der Waals surface area contributed by atoms with E-state index >= 15 is 0 Å². The lowest BCUT2D eigenvalue weighted by molar-refractivity contribution is 0.225. The Morgan fingerprint density at radius 3 is 2.80 bits per heavy atom. The van der Waals surface area contributed by atoms with Gasteiger partial charge in [0.25, 0.3) is 0 Å². The topological polar surface area (TPSA) is 28.4 Å². The minimum Gasteiger partial charge on any atom is -0.460 e. The Hall–Kier alpha value is -1.32. The van der Waals surface area contributed by atoms with Crippen molar-refractivity contribution in [3.63, 3.8) is 0 Å². The van der Waals surface area contributed by atoms with E-state index < -0.39 is 0 Å². The first-order valence-electron chi connectivity index (χ1n) is 7.82. The van der Waals surface area contributed by atoms with Crippen LogP contribution in [-0.2, 0) is 6.54 Å². The summed E-state index contributed by atoms with van der Waals surface area (Å²) in [5, 5.41) is 4.67. The molecule has 1 fully saturated rings. The minimum atomic E-state index is 0.828. The van der Waals surface area contributed by atoms with Crippen LogP contribution in [0.5, 0.6) is 0 Å². The molecule has 3 nitrogen and oxygen atoms in total. The molecule has 3 heteroatoms. The number of hydrogen-bond acceptors (Lipinski definition) is 3. The predicted octanol–water partition coefficient (Wildman–Crippen LogP) is 3.40. The molecule has 2 heterocycles. The molecule has 1 aromatic carbocycles.